The fraction of sp³-hybridized carbons (Fsp3) is 0.455. The molecule has 0 saturated carbocycles. The third kappa shape index (κ3) is 5.49. The van der Waals surface area contributed by atoms with E-state index in [4.69, 9.17) is 0 Å². The number of halogens is 3. The van der Waals surface area contributed by atoms with Crippen molar-refractivity contribution in [2.75, 3.05) is 6.54 Å². The standard InChI is InChI=1S/C22H27F3N2O/c1-15(2)17-10-11-20(28-22(23,24)25)18(13-17)14-27-19-9-6-12-26-21(19)16-7-4-3-5-8-16/h3-5,7-8,10-11,13,15,19,21,26-27H,6,9,12,14H2,1-2H3. The molecule has 0 amide bonds. The van der Waals surface area contributed by atoms with E-state index in [0.717, 1.165) is 24.9 Å². The first-order chi connectivity index (χ1) is 13.3. The minimum atomic E-state index is -4.70. The smallest absolute Gasteiger partial charge is 0.405 e. The fourth-order valence-electron chi connectivity index (χ4n) is 3.68. The number of benzene rings is 2. The van der Waals surface area contributed by atoms with Crippen molar-refractivity contribution in [3.8, 4) is 5.75 Å². The number of hydrogen-bond acceptors (Lipinski definition) is 3. The van der Waals surface area contributed by atoms with Gasteiger partial charge in [-0.15, -0.1) is 13.2 Å². The van der Waals surface area contributed by atoms with Crippen molar-refractivity contribution in [2.45, 2.75) is 57.6 Å². The van der Waals surface area contributed by atoms with E-state index in [1.54, 1.807) is 6.07 Å². The highest BCUT2D eigenvalue weighted by atomic mass is 19.4. The molecule has 1 fully saturated rings. The second kappa shape index (κ2) is 8.97. The van der Waals surface area contributed by atoms with Crippen LogP contribution in [0.25, 0.3) is 0 Å². The molecule has 28 heavy (non-hydrogen) atoms. The lowest BCUT2D eigenvalue weighted by Gasteiger charge is -2.34. The highest BCUT2D eigenvalue weighted by Gasteiger charge is 2.32. The summed E-state index contributed by atoms with van der Waals surface area (Å²) in [4.78, 5) is 0. The van der Waals surface area contributed by atoms with Crippen LogP contribution >= 0.6 is 0 Å². The molecule has 0 radical (unpaired) electrons. The molecule has 3 nitrogen and oxygen atoms in total. The van der Waals surface area contributed by atoms with Crippen LogP contribution in [0.1, 0.15) is 55.3 Å². The summed E-state index contributed by atoms with van der Waals surface area (Å²) < 4.78 is 42.7. The van der Waals surface area contributed by atoms with Crippen molar-refractivity contribution in [1.82, 2.24) is 10.6 Å². The average Bonchev–Trinajstić information content (AvgIpc) is 2.67. The third-order valence-electron chi connectivity index (χ3n) is 5.15. The van der Waals surface area contributed by atoms with Gasteiger partial charge in [0.05, 0.1) is 0 Å². The van der Waals surface area contributed by atoms with Crippen LogP contribution in [0.2, 0.25) is 0 Å². The van der Waals surface area contributed by atoms with Crippen LogP contribution in [-0.2, 0) is 6.54 Å². The van der Waals surface area contributed by atoms with Gasteiger partial charge < -0.3 is 15.4 Å². The predicted molar refractivity (Wildman–Crippen MR) is 104 cm³/mol. The van der Waals surface area contributed by atoms with Gasteiger partial charge >= 0.3 is 6.36 Å². The average molecular weight is 392 g/mol. The molecule has 1 heterocycles. The Labute approximate surface area is 164 Å². The third-order valence-corrected chi connectivity index (χ3v) is 5.15. The van der Waals surface area contributed by atoms with Gasteiger partial charge in [0, 0.05) is 24.2 Å². The van der Waals surface area contributed by atoms with Crippen molar-refractivity contribution >= 4 is 0 Å². The number of ether oxygens (including phenoxy) is 1. The maximum Gasteiger partial charge on any atom is 0.573 e. The summed E-state index contributed by atoms with van der Waals surface area (Å²) in [6.45, 7) is 5.30. The van der Waals surface area contributed by atoms with Crippen LogP contribution in [0.3, 0.4) is 0 Å². The molecule has 2 atom stereocenters. The number of rotatable bonds is 6. The van der Waals surface area contributed by atoms with E-state index in [9.17, 15) is 13.2 Å². The predicted octanol–water partition coefficient (Wildman–Crippen LogP) is 5.29. The van der Waals surface area contributed by atoms with E-state index in [-0.39, 0.29) is 23.8 Å². The minimum Gasteiger partial charge on any atom is -0.405 e. The van der Waals surface area contributed by atoms with Gasteiger partial charge in [-0.3, -0.25) is 0 Å². The van der Waals surface area contributed by atoms with E-state index in [0.29, 0.717) is 12.1 Å². The number of piperidine rings is 1. The highest BCUT2D eigenvalue weighted by Crippen LogP contribution is 2.30. The summed E-state index contributed by atoms with van der Waals surface area (Å²) in [6, 6.07) is 15.4. The van der Waals surface area contributed by atoms with E-state index >= 15 is 0 Å². The molecule has 152 valence electrons. The molecular formula is C22H27F3N2O. The lowest BCUT2D eigenvalue weighted by Crippen LogP contribution is -2.45. The summed E-state index contributed by atoms with van der Waals surface area (Å²) in [5.41, 5.74) is 2.70. The molecule has 0 aliphatic carbocycles. The van der Waals surface area contributed by atoms with Gasteiger partial charge in [0.1, 0.15) is 5.75 Å². The van der Waals surface area contributed by atoms with Crippen LogP contribution in [-0.4, -0.2) is 18.9 Å². The number of alkyl halides is 3. The summed E-state index contributed by atoms with van der Waals surface area (Å²) >= 11 is 0. The molecule has 0 bridgehead atoms. The SMILES string of the molecule is CC(C)c1ccc(OC(F)(F)F)c(CNC2CCCNC2c2ccccc2)c1. The summed E-state index contributed by atoms with van der Waals surface area (Å²) in [6.07, 6.45) is -2.71. The summed E-state index contributed by atoms with van der Waals surface area (Å²) in [5.74, 6) is 0.0940. The molecule has 3 rings (SSSR count). The normalized spacial score (nSPS) is 20.4. The van der Waals surface area contributed by atoms with Crippen LogP contribution < -0.4 is 15.4 Å². The Bertz CT molecular complexity index is 762. The lowest BCUT2D eigenvalue weighted by molar-refractivity contribution is -0.274. The van der Waals surface area contributed by atoms with Crippen molar-refractivity contribution in [1.29, 1.82) is 0 Å². The zero-order valence-corrected chi connectivity index (χ0v) is 16.2. The van der Waals surface area contributed by atoms with Gasteiger partial charge in [0.2, 0.25) is 0 Å². The molecule has 0 spiro atoms. The van der Waals surface area contributed by atoms with E-state index in [1.165, 1.54) is 11.6 Å². The second-order valence-corrected chi connectivity index (χ2v) is 7.54. The van der Waals surface area contributed by atoms with Gasteiger partial charge in [-0.25, -0.2) is 0 Å². The molecule has 2 unspecified atom stereocenters. The Hall–Kier alpha value is -2.05. The Morgan fingerprint density at radius 2 is 1.89 bits per heavy atom. The molecule has 6 heteroatoms. The van der Waals surface area contributed by atoms with Gasteiger partial charge in [-0.2, -0.15) is 0 Å². The van der Waals surface area contributed by atoms with Crippen LogP contribution in [0.5, 0.6) is 5.75 Å². The largest absolute Gasteiger partial charge is 0.573 e. The van der Waals surface area contributed by atoms with Crippen molar-refractivity contribution in [3.05, 3.63) is 65.2 Å². The molecule has 1 aliphatic rings. The fourth-order valence-corrected chi connectivity index (χ4v) is 3.68. The van der Waals surface area contributed by atoms with Gasteiger partial charge in [-0.05, 0) is 42.5 Å². The zero-order chi connectivity index (χ0) is 20.1. The Morgan fingerprint density at radius 1 is 1.14 bits per heavy atom. The zero-order valence-electron chi connectivity index (χ0n) is 16.2. The van der Waals surface area contributed by atoms with Crippen molar-refractivity contribution in [3.63, 3.8) is 0 Å². The first kappa shape index (κ1) is 20.7. The monoisotopic (exact) mass is 392 g/mol. The maximum atomic E-state index is 12.8. The maximum absolute atomic E-state index is 12.8. The molecule has 0 aromatic heterocycles. The Balaban J connectivity index is 1.78. The lowest BCUT2D eigenvalue weighted by atomic mass is 9.92. The minimum absolute atomic E-state index is 0.134. The number of hydrogen-bond donors (Lipinski definition) is 2. The highest BCUT2D eigenvalue weighted by molar-refractivity contribution is 5.38. The van der Waals surface area contributed by atoms with Gasteiger partial charge in [0.15, 0.2) is 0 Å². The van der Waals surface area contributed by atoms with Crippen LogP contribution in [0.15, 0.2) is 48.5 Å². The summed E-state index contributed by atoms with van der Waals surface area (Å²) in [5, 5.41) is 7.00. The van der Waals surface area contributed by atoms with Gasteiger partial charge in [0.25, 0.3) is 0 Å². The Morgan fingerprint density at radius 3 is 2.57 bits per heavy atom. The first-order valence-electron chi connectivity index (χ1n) is 9.74. The molecule has 2 aromatic carbocycles. The van der Waals surface area contributed by atoms with Gasteiger partial charge in [-0.1, -0.05) is 56.3 Å². The molecular weight excluding hydrogens is 365 g/mol. The van der Waals surface area contributed by atoms with E-state index < -0.39 is 6.36 Å². The van der Waals surface area contributed by atoms with Crippen molar-refractivity contribution < 1.29 is 17.9 Å². The molecule has 1 aliphatic heterocycles. The quantitative estimate of drug-likeness (QED) is 0.701. The Kier molecular flexibility index (Phi) is 6.62. The van der Waals surface area contributed by atoms with E-state index in [1.807, 2.05) is 38.1 Å². The topological polar surface area (TPSA) is 33.3 Å². The second-order valence-electron chi connectivity index (χ2n) is 7.54. The molecule has 2 aromatic rings. The molecule has 2 N–H and O–H groups in total. The summed E-state index contributed by atoms with van der Waals surface area (Å²) in [7, 11) is 0. The van der Waals surface area contributed by atoms with Crippen molar-refractivity contribution in [2.24, 2.45) is 0 Å². The van der Waals surface area contributed by atoms with Crippen LogP contribution in [0, 0.1) is 0 Å². The molecule has 1 saturated heterocycles. The van der Waals surface area contributed by atoms with E-state index in [2.05, 4.69) is 27.5 Å². The first-order valence-corrected chi connectivity index (χ1v) is 9.74. The van der Waals surface area contributed by atoms with Crippen LogP contribution in [0.4, 0.5) is 13.2 Å². The number of nitrogens with one attached hydrogen (secondary N) is 2.